The highest BCUT2D eigenvalue weighted by Crippen LogP contribution is 2.19. The van der Waals surface area contributed by atoms with Gasteiger partial charge in [0, 0.05) is 21.3 Å². The van der Waals surface area contributed by atoms with Gasteiger partial charge >= 0.3 is 0 Å². The van der Waals surface area contributed by atoms with Crippen molar-refractivity contribution in [1.29, 1.82) is 0 Å². The summed E-state index contributed by atoms with van der Waals surface area (Å²) in [5.41, 5.74) is 2.88. The number of hydrogen-bond donors (Lipinski definition) is 2. The van der Waals surface area contributed by atoms with E-state index >= 15 is 0 Å². The highest BCUT2D eigenvalue weighted by atomic mass is 35.5. The second-order valence-corrected chi connectivity index (χ2v) is 6.16. The first-order valence-electron chi connectivity index (χ1n) is 7.10. The molecule has 116 valence electrons. The maximum Gasteiger partial charge on any atom is 0.279 e. The molecule has 0 heterocycles. The summed E-state index contributed by atoms with van der Waals surface area (Å²) in [5.74, 6) is -0.0498. The Morgan fingerprint density at radius 1 is 1.14 bits per heavy atom. The van der Waals surface area contributed by atoms with Gasteiger partial charge in [-0.3, -0.25) is 4.79 Å². The van der Waals surface area contributed by atoms with Gasteiger partial charge in [0.1, 0.15) is 6.04 Å². The molecule has 2 rings (SSSR count). The van der Waals surface area contributed by atoms with Crippen molar-refractivity contribution in [1.82, 2.24) is 0 Å². The Balaban J connectivity index is 1.89. The fourth-order valence-electron chi connectivity index (χ4n) is 2.12. The molecule has 0 aliphatic rings. The third-order valence-corrected chi connectivity index (χ3v) is 4.01. The van der Waals surface area contributed by atoms with Gasteiger partial charge in [0.2, 0.25) is 0 Å². The van der Waals surface area contributed by atoms with Gasteiger partial charge in [-0.2, -0.15) is 0 Å². The van der Waals surface area contributed by atoms with Gasteiger partial charge in [0.25, 0.3) is 5.91 Å². The minimum Gasteiger partial charge on any atom is -0.333 e. The second kappa shape index (κ2) is 7.63. The van der Waals surface area contributed by atoms with E-state index in [0.717, 1.165) is 16.8 Å². The number of hydrogen-bond acceptors (Lipinski definition) is 1. The SMILES string of the molecule is Cc1ccc(Cl)cc1NC(=O)C[NH2+][C@@H](C)c1ccc(Cl)cc1. The molecule has 0 spiro atoms. The molecular weight excluding hydrogens is 319 g/mol. The summed E-state index contributed by atoms with van der Waals surface area (Å²) in [4.78, 5) is 12.1. The van der Waals surface area contributed by atoms with Crippen LogP contribution in [0, 0.1) is 6.92 Å². The summed E-state index contributed by atoms with van der Waals surface area (Å²) in [6.07, 6.45) is 0. The van der Waals surface area contributed by atoms with Gasteiger partial charge in [-0.15, -0.1) is 0 Å². The molecule has 0 saturated heterocycles. The van der Waals surface area contributed by atoms with Crippen LogP contribution in [0.3, 0.4) is 0 Å². The monoisotopic (exact) mass is 337 g/mol. The Labute approximate surface area is 140 Å². The molecule has 0 aliphatic heterocycles. The first-order valence-corrected chi connectivity index (χ1v) is 7.86. The first kappa shape index (κ1) is 16.8. The topological polar surface area (TPSA) is 45.7 Å². The van der Waals surface area contributed by atoms with Crippen LogP contribution in [0.4, 0.5) is 5.69 Å². The van der Waals surface area contributed by atoms with E-state index in [4.69, 9.17) is 23.2 Å². The van der Waals surface area contributed by atoms with Crippen molar-refractivity contribution in [3.8, 4) is 0 Å². The molecule has 0 radical (unpaired) electrons. The van der Waals surface area contributed by atoms with Crippen LogP contribution < -0.4 is 10.6 Å². The molecule has 1 atom stereocenters. The molecule has 0 aliphatic carbocycles. The van der Waals surface area contributed by atoms with E-state index in [1.165, 1.54) is 0 Å². The number of carbonyl (C=O) groups is 1. The molecule has 3 N–H and O–H groups in total. The van der Waals surface area contributed by atoms with E-state index in [-0.39, 0.29) is 11.9 Å². The van der Waals surface area contributed by atoms with Crippen LogP contribution >= 0.6 is 23.2 Å². The van der Waals surface area contributed by atoms with E-state index in [9.17, 15) is 4.79 Å². The number of aryl methyl sites for hydroxylation is 1. The Bertz CT molecular complexity index is 656. The lowest BCUT2D eigenvalue weighted by Crippen LogP contribution is -2.86. The third kappa shape index (κ3) is 4.73. The Hall–Kier alpha value is -1.55. The van der Waals surface area contributed by atoms with Crippen molar-refractivity contribution in [2.45, 2.75) is 19.9 Å². The lowest BCUT2D eigenvalue weighted by molar-refractivity contribution is -0.682. The van der Waals surface area contributed by atoms with E-state index in [0.29, 0.717) is 16.6 Å². The molecule has 2 aromatic carbocycles. The highest BCUT2D eigenvalue weighted by Gasteiger charge is 2.12. The van der Waals surface area contributed by atoms with Crippen molar-refractivity contribution in [3.05, 3.63) is 63.6 Å². The maximum atomic E-state index is 12.1. The fourth-order valence-corrected chi connectivity index (χ4v) is 2.41. The van der Waals surface area contributed by atoms with E-state index in [2.05, 4.69) is 12.2 Å². The minimum absolute atomic E-state index is 0.0498. The number of quaternary nitrogens is 1. The van der Waals surface area contributed by atoms with Crippen LogP contribution in [0.25, 0.3) is 0 Å². The van der Waals surface area contributed by atoms with Gasteiger partial charge < -0.3 is 10.6 Å². The number of nitrogens with two attached hydrogens (primary N) is 1. The predicted molar refractivity (Wildman–Crippen MR) is 91.5 cm³/mol. The van der Waals surface area contributed by atoms with Crippen molar-refractivity contribution < 1.29 is 10.1 Å². The summed E-state index contributed by atoms with van der Waals surface area (Å²) in [6, 6.07) is 13.3. The molecule has 3 nitrogen and oxygen atoms in total. The van der Waals surface area contributed by atoms with E-state index in [1.807, 2.05) is 42.6 Å². The van der Waals surface area contributed by atoms with E-state index < -0.39 is 0 Å². The number of benzene rings is 2. The molecule has 2 aromatic rings. The van der Waals surface area contributed by atoms with Gasteiger partial charge in [0.05, 0.1) is 0 Å². The van der Waals surface area contributed by atoms with Crippen molar-refractivity contribution in [3.63, 3.8) is 0 Å². The number of rotatable bonds is 5. The van der Waals surface area contributed by atoms with Gasteiger partial charge in [-0.1, -0.05) is 41.4 Å². The summed E-state index contributed by atoms with van der Waals surface area (Å²) in [7, 11) is 0. The Morgan fingerprint density at radius 3 is 2.45 bits per heavy atom. The number of carbonyl (C=O) groups excluding carboxylic acids is 1. The highest BCUT2D eigenvalue weighted by molar-refractivity contribution is 6.31. The number of halogens is 2. The quantitative estimate of drug-likeness (QED) is 0.860. The summed E-state index contributed by atoms with van der Waals surface area (Å²) in [5, 5.41) is 6.20. The van der Waals surface area contributed by atoms with Crippen LogP contribution in [0.2, 0.25) is 10.0 Å². The Morgan fingerprint density at radius 2 is 1.77 bits per heavy atom. The molecule has 5 heteroatoms. The number of anilines is 1. The van der Waals surface area contributed by atoms with Crippen LogP contribution in [-0.2, 0) is 4.79 Å². The van der Waals surface area contributed by atoms with Gasteiger partial charge in [-0.05, 0) is 43.7 Å². The lowest BCUT2D eigenvalue weighted by atomic mass is 10.1. The lowest BCUT2D eigenvalue weighted by Gasteiger charge is -2.12. The summed E-state index contributed by atoms with van der Waals surface area (Å²) < 4.78 is 0. The summed E-state index contributed by atoms with van der Waals surface area (Å²) in [6.45, 7) is 4.34. The van der Waals surface area contributed by atoms with Crippen molar-refractivity contribution in [2.24, 2.45) is 0 Å². The van der Waals surface area contributed by atoms with E-state index in [1.54, 1.807) is 12.1 Å². The van der Waals surface area contributed by atoms with Crippen molar-refractivity contribution >= 4 is 34.8 Å². The fraction of sp³-hybridized carbons (Fsp3) is 0.235. The van der Waals surface area contributed by atoms with Crippen LogP contribution in [0.5, 0.6) is 0 Å². The molecule has 0 saturated carbocycles. The Kier molecular flexibility index (Phi) is 5.83. The average Bonchev–Trinajstić information content (AvgIpc) is 2.49. The molecule has 0 bridgehead atoms. The minimum atomic E-state index is -0.0498. The zero-order valence-electron chi connectivity index (χ0n) is 12.6. The third-order valence-electron chi connectivity index (χ3n) is 3.53. The van der Waals surface area contributed by atoms with Gasteiger partial charge in [-0.25, -0.2) is 0 Å². The number of nitrogens with one attached hydrogen (secondary N) is 1. The first-order chi connectivity index (χ1) is 10.5. The largest absolute Gasteiger partial charge is 0.333 e. The molecule has 0 unspecified atom stereocenters. The maximum absolute atomic E-state index is 12.1. The number of amides is 1. The average molecular weight is 338 g/mol. The second-order valence-electron chi connectivity index (χ2n) is 5.29. The molecule has 22 heavy (non-hydrogen) atoms. The molecule has 0 fully saturated rings. The molecular formula is C17H19Cl2N2O+. The summed E-state index contributed by atoms with van der Waals surface area (Å²) >= 11 is 11.8. The van der Waals surface area contributed by atoms with Crippen LogP contribution in [0.15, 0.2) is 42.5 Å². The zero-order chi connectivity index (χ0) is 16.1. The van der Waals surface area contributed by atoms with Crippen molar-refractivity contribution in [2.75, 3.05) is 11.9 Å². The van der Waals surface area contributed by atoms with Crippen LogP contribution in [0.1, 0.15) is 24.1 Å². The normalized spacial score (nSPS) is 12.0. The molecule has 0 aromatic heterocycles. The zero-order valence-corrected chi connectivity index (χ0v) is 14.1. The predicted octanol–water partition coefficient (Wildman–Crippen LogP) is 3.56. The molecule has 1 amide bonds. The van der Waals surface area contributed by atoms with Gasteiger partial charge in [0.15, 0.2) is 6.54 Å². The smallest absolute Gasteiger partial charge is 0.279 e. The van der Waals surface area contributed by atoms with Crippen LogP contribution in [-0.4, -0.2) is 12.5 Å². The standard InChI is InChI=1S/C17H18Cl2N2O/c1-11-3-6-15(19)9-16(11)21-17(22)10-20-12(2)13-4-7-14(18)8-5-13/h3-9,12,20H,10H2,1-2H3,(H,21,22)/p+1/t12-/m0/s1.